The number of likely N-dealkylation sites (tertiary alicyclic amines) is 1. The predicted molar refractivity (Wildman–Crippen MR) is 132 cm³/mol. The van der Waals surface area contributed by atoms with Gasteiger partial charge in [0.05, 0.1) is 18.4 Å². The third-order valence-corrected chi connectivity index (χ3v) is 7.26. The summed E-state index contributed by atoms with van der Waals surface area (Å²) in [6.45, 7) is 2.31. The summed E-state index contributed by atoms with van der Waals surface area (Å²) in [6.07, 6.45) is -1.10. The number of carbonyl (C=O) groups excluding carboxylic acids is 1. The Morgan fingerprint density at radius 1 is 1.06 bits per heavy atom. The van der Waals surface area contributed by atoms with Gasteiger partial charge in [-0.3, -0.25) is 19.9 Å². The Hall–Kier alpha value is -3.08. The number of methoxy groups -OCH3 is 1. The van der Waals surface area contributed by atoms with Crippen LogP contribution in [0.15, 0.2) is 83.9 Å². The molecule has 0 aliphatic carbocycles. The number of aromatic nitrogens is 1. The molecule has 0 atom stereocenters. The Morgan fingerprint density at radius 2 is 1.69 bits per heavy atom. The summed E-state index contributed by atoms with van der Waals surface area (Å²) in [5.74, 6) is 0.441. The molecule has 2 N–H and O–H groups in total. The van der Waals surface area contributed by atoms with E-state index in [0.717, 1.165) is 48.1 Å². The Morgan fingerprint density at radius 3 is 2.19 bits per heavy atom. The van der Waals surface area contributed by atoms with E-state index in [0.29, 0.717) is 12.8 Å². The average Bonchev–Trinajstić information content (AvgIpc) is 2.91. The van der Waals surface area contributed by atoms with Gasteiger partial charge in [0.15, 0.2) is 0 Å². The number of amides is 1. The summed E-state index contributed by atoms with van der Waals surface area (Å²) in [4.78, 5) is 20.1. The van der Waals surface area contributed by atoms with Crippen molar-refractivity contribution >= 4 is 17.7 Å². The first-order valence-corrected chi connectivity index (χ1v) is 12.1. The van der Waals surface area contributed by atoms with E-state index in [1.165, 1.54) is 23.9 Å². The van der Waals surface area contributed by atoms with Crippen LogP contribution in [0, 0.1) is 0 Å². The van der Waals surface area contributed by atoms with Gasteiger partial charge >= 0.3 is 6.18 Å². The third-order valence-electron chi connectivity index (χ3n) is 5.76. The molecular weight excluding hydrogens is 491 g/mol. The number of pyridine rings is 1. The minimum atomic E-state index is -4.21. The lowest BCUT2D eigenvalue weighted by Gasteiger charge is -2.39. The van der Waals surface area contributed by atoms with Crippen LogP contribution in [-0.2, 0) is 17.5 Å². The number of piperidine rings is 1. The maximum Gasteiger partial charge on any atom is 0.416 e. The minimum absolute atomic E-state index is 0.337. The van der Waals surface area contributed by atoms with Crippen LogP contribution in [0.2, 0.25) is 0 Å². The number of nitrogens with one attached hydrogen (secondary N) is 1. The van der Waals surface area contributed by atoms with Gasteiger partial charge in [-0.25, -0.2) is 5.48 Å². The fraction of sp³-hybridized carbons (Fsp3) is 0.308. The summed E-state index contributed by atoms with van der Waals surface area (Å²) in [6, 6.07) is 19.9. The normalized spacial score (nSPS) is 15.4. The highest BCUT2D eigenvalue weighted by Crippen LogP contribution is 2.42. The zero-order valence-corrected chi connectivity index (χ0v) is 20.6. The molecule has 0 spiro atoms. The molecule has 1 aliphatic rings. The molecule has 192 valence electrons. The number of halogens is 3. The molecule has 3 aromatic rings. The Bertz CT molecular complexity index is 1080. The van der Waals surface area contributed by atoms with Gasteiger partial charge in [0.1, 0.15) is 10.5 Å². The van der Waals surface area contributed by atoms with Crippen molar-refractivity contribution < 1.29 is 27.9 Å². The van der Waals surface area contributed by atoms with Crippen LogP contribution >= 0.6 is 11.8 Å². The average molecular weight is 520 g/mol. The summed E-state index contributed by atoms with van der Waals surface area (Å²) in [5.41, 5.74) is 2.29. The summed E-state index contributed by atoms with van der Waals surface area (Å²) in [5, 5.41) is 9.26. The second kappa shape index (κ2) is 12.8. The summed E-state index contributed by atoms with van der Waals surface area (Å²) in [7, 11) is 1.63. The number of nitrogens with zero attached hydrogens (tertiary/aromatic N) is 2. The number of hydrogen-bond donors (Lipinski definition) is 2. The highest BCUT2D eigenvalue weighted by molar-refractivity contribution is 8.01. The molecule has 0 unspecified atom stereocenters. The fourth-order valence-electron chi connectivity index (χ4n) is 3.77. The smallest absolute Gasteiger partial charge is 0.416 e. The number of carbonyl (C=O) groups is 1. The maximum atomic E-state index is 12.4. The van der Waals surface area contributed by atoms with E-state index in [4.69, 9.17) is 4.74 Å². The van der Waals surface area contributed by atoms with Crippen molar-refractivity contribution in [3.63, 3.8) is 0 Å². The number of benzene rings is 2. The lowest BCUT2D eigenvalue weighted by molar-refractivity contribution is -0.137. The quantitative estimate of drug-likeness (QED) is 0.334. The molecule has 6 nitrogen and oxygen atoms in total. The largest absolute Gasteiger partial charge is 0.497 e. The van der Waals surface area contributed by atoms with Gasteiger partial charge < -0.3 is 4.74 Å². The van der Waals surface area contributed by atoms with Crippen LogP contribution in [0.4, 0.5) is 13.2 Å². The number of rotatable bonds is 6. The minimum Gasteiger partial charge on any atom is -0.497 e. The molecule has 4 rings (SSSR count). The van der Waals surface area contributed by atoms with Gasteiger partial charge in [0.25, 0.3) is 5.91 Å². The third kappa shape index (κ3) is 7.71. The topological polar surface area (TPSA) is 74.7 Å². The molecule has 1 amide bonds. The monoisotopic (exact) mass is 519 g/mol. The van der Waals surface area contributed by atoms with E-state index in [9.17, 15) is 23.2 Å². The maximum absolute atomic E-state index is 12.4. The SMILES string of the molecule is COc1ccc(SC2(C(=O)NO)CCN(Cc3ccccn3)CC2)cc1.FC(F)(F)c1ccccc1. The number of ether oxygens (including phenoxy) is 1. The highest BCUT2D eigenvalue weighted by atomic mass is 32.2. The van der Waals surface area contributed by atoms with Gasteiger partial charge in [-0.15, -0.1) is 11.8 Å². The first-order chi connectivity index (χ1) is 17.3. The highest BCUT2D eigenvalue weighted by Gasteiger charge is 2.42. The van der Waals surface area contributed by atoms with Crippen molar-refractivity contribution in [2.24, 2.45) is 0 Å². The van der Waals surface area contributed by atoms with Crippen LogP contribution in [0.3, 0.4) is 0 Å². The molecule has 1 fully saturated rings. The number of alkyl halides is 3. The molecule has 1 saturated heterocycles. The van der Waals surface area contributed by atoms with Crippen LogP contribution in [-0.4, -0.2) is 45.9 Å². The number of hydrogen-bond acceptors (Lipinski definition) is 6. The van der Waals surface area contributed by atoms with E-state index >= 15 is 0 Å². The molecule has 2 heterocycles. The standard InChI is InChI=1S/C19H23N3O3S.C7H5F3/c1-25-16-5-7-17(8-6-16)26-19(18(23)21-24)9-12-22(13-10-19)14-15-4-2-3-11-20-15;8-7(9,10)6-4-2-1-3-5-6/h2-8,11,24H,9-10,12-14H2,1H3,(H,21,23);1-5H. The first-order valence-electron chi connectivity index (χ1n) is 11.3. The number of thioether (sulfide) groups is 1. The fourth-order valence-corrected chi connectivity index (χ4v) is 5.02. The second-order valence-electron chi connectivity index (χ2n) is 8.17. The lowest BCUT2D eigenvalue weighted by atomic mass is 9.94. The molecule has 1 aliphatic heterocycles. The Labute approximate surface area is 212 Å². The van der Waals surface area contributed by atoms with Crippen molar-refractivity contribution in [2.45, 2.75) is 35.2 Å². The van der Waals surface area contributed by atoms with Gasteiger partial charge in [-0.2, -0.15) is 13.2 Å². The second-order valence-corrected chi connectivity index (χ2v) is 9.63. The van der Waals surface area contributed by atoms with Crippen molar-refractivity contribution in [1.29, 1.82) is 0 Å². The number of hydroxylamine groups is 1. The van der Waals surface area contributed by atoms with Crippen molar-refractivity contribution in [3.8, 4) is 5.75 Å². The molecule has 1 aromatic heterocycles. The van der Waals surface area contributed by atoms with E-state index < -0.39 is 16.5 Å². The van der Waals surface area contributed by atoms with Crippen LogP contribution in [0.1, 0.15) is 24.1 Å². The van der Waals surface area contributed by atoms with E-state index in [-0.39, 0.29) is 5.91 Å². The van der Waals surface area contributed by atoms with Crippen molar-refractivity contribution in [3.05, 3.63) is 90.3 Å². The van der Waals surface area contributed by atoms with Crippen LogP contribution < -0.4 is 10.2 Å². The zero-order valence-electron chi connectivity index (χ0n) is 19.7. The molecule has 10 heteroatoms. The summed E-state index contributed by atoms with van der Waals surface area (Å²) < 4.78 is 39.9. The van der Waals surface area contributed by atoms with Crippen LogP contribution in [0.25, 0.3) is 0 Å². The molecule has 2 aromatic carbocycles. The van der Waals surface area contributed by atoms with E-state index in [2.05, 4.69) is 9.88 Å². The molecule has 0 saturated carbocycles. The Balaban J connectivity index is 0.000000303. The van der Waals surface area contributed by atoms with Crippen LogP contribution in [0.5, 0.6) is 5.75 Å². The van der Waals surface area contributed by atoms with E-state index in [1.54, 1.807) is 19.4 Å². The lowest BCUT2D eigenvalue weighted by Crippen LogP contribution is -2.51. The predicted octanol–water partition coefficient (Wildman–Crippen LogP) is 5.43. The molecule has 0 bridgehead atoms. The van der Waals surface area contributed by atoms with Gasteiger partial charge in [0, 0.05) is 30.7 Å². The van der Waals surface area contributed by atoms with E-state index in [1.807, 2.05) is 47.9 Å². The molecule has 36 heavy (non-hydrogen) atoms. The molecule has 0 radical (unpaired) electrons. The molecular formula is C26H28F3N3O3S. The van der Waals surface area contributed by atoms with Crippen molar-refractivity contribution in [1.82, 2.24) is 15.4 Å². The first kappa shape index (κ1) is 27.5. The van der Waals surface area contributed by atoms with Gasteiger partial charge in [-0.1, -0.05) is 36.4 Å². The van der Waals surface area contributed by atoms with Gasteiger partial charge in [0.2, 0.25) is 0 Å². The Kier molecular flexibility index (Phi) is 9.74. The van der Waals surface area contributed by atoms with Gasteiger partial charge in [-0.05, 0) is 49.2 Å². The zero-order chi connectivity index (χ0) is 26.0. The summed E-state index contributed by atoms with van der Waals surface area (Å²) >= 11 is 1.50. The van der Waals surface area contributed by atoms with Crippen molar-refractivity contribution in [2.75, 3.05) is 20.2 Å².